The van der Waals surface area contributed by atoms with Crippen LogP contribution < -0.4 is 0 Å². The van der Waals surface area contributed by atoms with Gasteiger partial charge in [-0.25, -0.2) is 13.8 Å². The molecule has 4 heterocycles. The van der Waals surface area contributed by atoms with E-state index in [0.29, 0.717) is 34.3 Å². The Labute approximate surface area is 205 Å². The maximum Gasteiger partial charge on any atom is 0.229 e. The van der Waals surface area contributed by atoms with E-state index in [-0.39, 0.29) is 48.7 Å². The summed E-state index contributed by atoms with van der Waals surface area (Å²) in [7, 11) is 0. The van der Waals surface area contributed by atoms with Crippen LogP contribution in [-0.2, 0) is 0 Å². The molecule has 1 N–H and O–H groups in total. The molecule has 0 atom stereocenters. The predicted molar refractivity (Wildman–Crippen MR) is 127 cm³/mol. The fraction of sp³-hybridized carbons (Fsp3) is 0.143. The molecule has 33 heavy (non-hydrogen) atoms. The number of hydrogen-bond donors (Lipinski definition) is 1. The normalized spacial score (nSPS) is 10.6. The highest BCUT2D eigenvalue weighted by Gasteiger charge is 2.18. The Hall–Kier alpha value is -3.01. The van der Waals surface area contributed by atoms with Crippen LogP contribution in [0, 0.1) is 11.6 Å². The third-order valence-corrected chi connectivity index (χ3v) is 4.81. The molecule has 0 aliphatic carbocycles. The molecule has 0 fully saturated rings. The number of imidazole rings is 1. The summed E-state index contributed by atoms with van der Waals surface area (Å²) in [5.41, 5.74) is 3.39. The third kappa shape index (κ3) is 4.71. The van der Waals surface area contributed by atoms with Gasteiger partial charge in [0.15, 0.2) is 0 Å². The van der Waals surface area contributed by atoms with Crippen LogP contribution in [-0.4, -0.2) is 29.7 Å². The first kappa shape index (κ1) is 26.2. The highest BCUT2D eigenvalue weighted by atomic mass is 35.5. The van der Waals surface area contributed by atoms with E-state index in [4.69, 9.17) is 4.52 Å². The Morgan fingerprint density at radius 3 is 2.52 bits per heavy atom. The number of aromatic nitrogens is 6. The molecule has 12 heteroatoms. The molecular formula is C21H19Cl3F2N6O. The van der Waals surface area contributed by atoms with E-state index in [1.54, 1.807) is 12.4 Å². The Morgan fingerprint density at radius 2 is 1.82 bits per heavy atom. The summed E-state index contributed by atoms with van der Waals surface area (Å²) in [4.78, 5) is 8.83. The van der Waals surface area contributed by atoms with Crippen LogP contribution in [0.15, 0.2) is 53.4 Å². The van der Waals surface area contributed by atoms with Crippen molar-refractivity contribution in [1.29, 1.82) is 0 Å². The number of nitrogens with zero attached hydrogens (tertiary/aromatic N) is 5. The molecule has 5 aromatic rings. The van der Waals surface area contributed by atoms with E-state index in [9.17, 15) is 8.78 Å². The molecule has 0 bridgehead atoms. The van der Waals surface area contributed by atoms with Gasteiger partial charge in [0.25, 0.3) is 0 Å². The van der Waals surface area contributed by atoms with E-state index in [1.165, 1.54) is 12.1 Å². The van der Waals surface area contributed by atoms with Gasteiger partial charge < -0.3 is 4.52 Å². The fourth-order valence-electron chi connectivity index (χ4n) is 3.28. The molecule has 174 valence electrons. The molecule has 7 nitrogen and oxygen atoms in total. The van der Waals surface area contributed by atoms with Crippen LogP contribution in [0.3, 0.4) is 0 Å². The van der Waals surface area contributed by atoms with E-state index in [0.717, 1.165) is 11.6 Å². The number of pyridine rings is 1. The predicted octanol–water partition coefficient (Wildman–Crippen LogP) is 6.11. The van der Waals surface area contributed by atoms with Crippen LogP contribution in [0.5, 0.6) is 0 Å². The molecule has 0 amide bonds. The Kier molecular flexibility index (Phi) is 8.18. The maximum atomic E-state index is 14.3. The highest BCUT2D eigenvalue weighted by Crippen LogP contribution is 2.33. The summed E-state index contributed by atoms with van der Waals surface area (Å²) in [5, 5.41) is 11.0. The smallest absolute Gasteiger partial charge is 0.229 e. The van der Waals surface area contributed by atoms with Gasteiger partial charge in [0.05, 0.1) is 6.20 Å². The molecule has 0 spiro atoms. The summed E-state index contributed by atoms with van der Waals surface area (Å²) in [6.07, 6.45) is 5.18. The van der Waals surface area contributed by atoms with Crippen molar-refractivity contribution in [2.75, 3.05) is 0 Å². The number of halogens is 5. The minimum Gasteiger partial charge on any atom is -0.339 e. The first-order valence-electron chi connectivity index (χ1n) is 9.32. The number of hydrogen-bond acceptors (Lipinski definition) is 5. The summed E-state index contributed by atoms with van der Waals surface area (Å²) in [6.45, 7) is 3.94. The van der Waals surface area contributed by atoms with E-state index in [1.807, 2.05) is 36.6 Å². The fourth-order valence-corrected chi connectivity index (χ4v) is 3.28. The molecule has 5 rings (SSSR count). The Bertz CT molecular complexity index is 1380. The van der Waals surface area contributed by atoms with Gasteiger partial charge in [-0.2, -0.15) is 10.1 Å². The number of nitrogens with one attached hydrogen (secondary N) is 1. The zero-order valence-corrected chi connectivity index (χ0v) is 19.8. The molecule has 0 aliphatic heterocycles. The van der Waals surface area contributed by atoms with Crippen LogP contribution in [0.1, 0.15) is 25.7 Å². The quantitative estimate of drug-likeness (QED) is 0.312. The van der Waals surface area contributed by atoms with E-state index >= 15 is 0 Å². The van der Waals surface area contributed by atoms with Crippen molar-refractivity contribution in [2.24, 2.45) is 0 Å². The van der Waals surface area contributed by atoms with Crippen molar-refractivity contribution in [3.05, 3.63) is 66.4 Å². The van der Waals surface area contributed by atoms with Crippen LogP contribution in [0.25, 0.3) is 39.5 Å². The lowest BCUT2D eigenvalue weighted by atomic mass is 10.0. The minimum atomic E-state index is -0.680. The summed E-state index contributed by atoms with van der Waals surface area (Å²) in [5.74, 6) is -0.236. The zero-order chi connectivity index (χ0) is 20.8. The first-order valence-corrected chi connectivity index (χ1v) is 9.32. The zero-order valence-electron chi connectivity index (χ0n) is 17.3. The summed E-state index contributed by atoms with van der Waals surface area (Å²) in [6, 6.07) is 7.11. The molecule has 0 radical (unpaired) electrons. The summed E-state index contributed by atoms with van der Waals surface area (Å²) >= 11 is 0. The van der Waals surface area contributed by atoms with E-state index < -0.39 is 11.6 Å². The third-order valence-electron chi connectivity index (χ3n) is 4.81. The topological polar surface area (TPSA) is 84.9 Å². The molecule has 0 unspecified atom stereocenters. The van der Waals surface area contributed by atoms with Gasteiger partial charge in [-0.1, -0.05) is 19.0 Å². The van der Waals surface area contributed by atoms with Crippen LogP contribution in [0.2, 0.25) is 0 Å². The monoisotopic (exact) mass is 514 g/mol. The van der Waals surface area contributed by atoms with Crippen LogP contribution in [0.4, 0.5) is 8.78 Å². The van der Waals surface area contributed by atoms with Crippen molar-refractivity contribution < 1.29 is 13.3 Å². The largest absolute Gasteiger partial charge is 0.339 e. The number of rotatable bonds is 4. The van der Waals surface area contributed by atoms with Crippen molar-refractivity contribution in [3.63, 3.8) is 0 Å². The van der Waals surface area contributed by atoms with Gasteiger partial charge in [0, 0.05) is 41.1 Å². The number of benzene rings is 1. The lowest BCUT2D eigenvalue weighted by Gasteiger charge is -2.06. The Balaban J connectivity index is 0.00000128. The van der Waals surface area contributed by atoms with Gasteiger partial charge >= 0.3 is 0 Å². The number of fused-ring (bicyclic) bond motifs is 1. The summed E-state index contributed by atoms with van der Waals surface area (Å²) < 4.78 is 34.8. The SMILES string of the molecule is CC(C)c1nc(-c2cnc3ccc(-c4c[nH]nc4-c4ccc(F)cc4F)cn23)no1.Cl.Cl.Cl. The molecule has 0 saturated carbocycles. The van der Waals surface area contributed by atoms with E-state index in [2.05, 4.69) is 25.3 Å². The molecule has 0 aliphatic rings. The second-order valence-corrected chi connectivity index (χ2v) is 7.17. The van der Waals surface area contributed by atoms with Gasteiger partial charge in [0.2, 0.25) is 11.7 Å². The van der Waals surface area contributed by atoms with Gasteiger partial charge in [-0.15, -0.1) is 37.2 Å². The van der Waals surface area contributed by atoms with Gasteiger partial charge in [-0.05, 0) is 24.3 Å². The molecular weight excluding hydrogens is 497 g/mol. The lowest BCUT2D eigenvalue weighted by Crippen LogP contribution is -1.93. The molecule has 0 saturated heterocycles. The second-order valence-electron chi connectivity index (χ2n) is 7.17. The van der Waals surface area contributed by atoms with Gasteiger partial charge in [0.1, 0.15) is 28.7 Å². The number of aromatic amines is 1. The number of H-pyrrole nitrogens is 1. The minimum absolute atomic E-state index is 0. The van der Waals surface area contributed by atoms with Gasteiger partial charge in [-0.3, -0.25) is 9.50 Å². The maximum absolute atomic E-state index is 14.3. The van der Waals surface area contributed by atoms with Crippen molar-refractivity contribution in [1.82, 2.24) is 29.7 Å². The van der Waals surface area contributed by atoms with Crippen molar-refractivity contribution in [2.45, 2.75) is 19.8 Å². The average molecular weight is 516 g/mol. The highest BCUT2D eigenvalue weighted by molar-refractivity contribution is 5.86. The molecule has 1 aromatic carbocycles. The first-order chi connectivity index (χ1) is 14.5. The average Bonchev–Trinajstić information content (AvgIpc) is 3.46. The second kappa shape index (κ2) is 10.3. The van der Waals surface area contributed by atoms with Crippen LogP contribution >= 0.6 is 37.2 Å². The standard InChI is InChI=1S/C21H16F2N6O.3ClH/c1-11(2)21-26-20(28-30-21)17-9-24-18-6-3-12(10-29(17)18)15-8-25-27-19(15)14-5-4-13(22)7-16(14)23;;;/h3-11H,1-2H3,(H,25,27);3*1H. The lowest BCUT2D eigenvalue weighted by molar-refractivity contribution is 0.365. The van der Waals surface area contributed by atoms with Crippen molar-refractivity contribution >= 4 is 42.9 Å². The Morgan fingerprint density at radius 1 is 1.03 bits per heavy atom. The van der Waals surface area contributed by atoms with Crippen molar-refractivity contribution in [3.8, 4) is 33.9 Å². The molecule has 4 aromatic heterocycles.